The molecular formula is C11H15BrFNS. The van der Waals surface area contributed by atoms with Gasteiger partial charge in [0.2, 0.25) is 0 Å². The van der Waals surface area contributed by atoms with Gasteiger partial charge in [-0.25, -0.2) is 4.39 Å². The lowest BCUT2D eigenvalue weighted by Crippen LogP contribution is -2.23. The average Bonchev–Trinajstić information content (AvgIpc) is 2.22. The Morgan fingerprint density at radius 3 is 2.87 bits per heavy atom. The van der Waals surface area contributed by atoms with E-state index in [4.69, 9.17) is 0 Å². The minimum Gasteiger partial charge on any atom is -0.309 e. The standard InChI is InChI=1S/C11H15BrFNS/c1-3-14-10(7-15-2)8-5-4-6-9(12)11(8)13/h4-6,10,14H,3,7H2,1-2H3. The first-order chi connectivity index (χ1) is 7.20. The zero-order valence-electron chi connectivity index (χ0n) is 8.89. The summed E-state index contributed by atoms with van der Waals surface area (Å²) in [5.74, 6) is 0.721. The van der Waals surface area contributed by atoms with Gasteiger partial charge in [0.05, 0.1) is 4.47 Å². The number of hydrogen-bond acceptors (Lipinski definition) is 2. The molecule has 0 saturated carbocycles. The molecule has 0 radical (unpaired) electrons. The molecule has 1 N–H and O–H groups in total. The molecule has 0 heterocycles. The molecule has 1 atom stereocenters. The maximum Gasteiger partial charge on any atom is 0.142 e. The van der Waals surface area contributed by atoms with Crippen LogP contribution in [-0.2, 0) is 0 Å². The second kappa shape index (κ2) is 6.51. The molecule has 1 nitrogen and oxygen atoms in total. The maximum absolute atomic E-state index is 13.8. The summed E-state index contributed by atoms with van der Waals surface area (Å²) in [5, 5.41) is 3.29. The molecule has 1 unspecified atom stereocenters. The van der Waals surface area contributed by atoms with E-state index >= 15 is 0 Å². The summed E-state index contributed by atoms with van der Waals surface area (Å²) in [7, 11) is 0. The fourth-order valence-corrected chi connectivity index (χ4v) is 2.47. The van der Waals surface area contributed by atoms with Gasteiger partial charge in [0.15, 0.2) is 0 Å². The molecule has 0 aliphatic rings. The van der Waals surface area contributed by atoms with Gasteiger partial charge in [0, 0.05) is 17.4 Å². The van der Waals surface area contributed by atoms with Crippen molar-refractivity contribution in [3.63, 3.8) is 0 Å². The lowest BCUT2D eigenvalue weighted by molar-refractivity contribution is 0.542. The predicted octanol–water partition coefficient (Wildman–Crippen LogP) is 3.60. The summed E-state index contributed by atoms with van der Waals surface area (Å²) in [6.45, 7) is 2.88. The maximum atomic E-state index is 13.8. The Labute approximate surface area is 103 Å². The monoisotopic (exact) mass is 291 g/mol. The average molecular weight is 292 g/mol. The van der Waals surface area contributed by atoms with Crippen LogP contribution in [0.5, 0.6) is 0 Å². The van der Waals surface area contributed by atoms with Crippen molar-refractivity contribution in [1.82, 2.24) is 5.32 Å². The highest BCUT2D eigenvalue weighted by Crippen LogP contribution is 2.25. The van der Waals surface area contributed by atoms with Crippen LogP contribution in [0.4, 0.5) is 4.39 Å². The van der Waals surface area contributed by atoms with Gasteiger partial charge in [-0.2, -0.15) is 11.8 Å². The number of hydrogen-bond donors (Lipinski definition) is 1. The van der Waals surface area contributed by atoms with Gasteiger partial charge < -0.3 is 5.32 Å². The largest absolute Gasteiger partial charge is 0.309 e. The summed E-state index contributed by atoms with van der Waals surface area (Å²) in [4.78, 5) is 0. The van der Waals surface area contributed by atoms with Crippen LogP contribution in [0.15, 0.2) is 22.7 Å². The third-order valence-electron chi connectivity index (χ3n) is 2.14. The molecular weight excluding hydrogens is 277 g/mol. The Hall–Kier alpha value is -0.0600. The van der Waals surface area contributed by atoms with Gasteiger partial charge in [0.1, 0.15) is 5.82 Å². The molecule has 84 valence electrons. The van der Waals surface area contributed by atoms with Crippen molar-refractivity contribution in [2.24, 2.45) is 0 Å². The summed E-state index contributed by atoms with van der Waals surface area (Å²) in [6, 6.07) is 5.51. The van der Waals surface area contributed by atoms with Crippen LogP contribution in [0.25, 0.3) is 0 Å². The van der Waals surface area contributed by atoms with Gasteiger partial charge in [-0.1, -0.05) is 19.1 Å². The van der Waals surface area contributed by atoms with E-state index in [0.717, 1.165) is 17.9 Å². The predicted molar refractivity (Wildman–Crippen MR) is 68.9 cm³/mol. The van der Waals surface area contributed by atoms with E-state index in [-0.39, 0.29) is 11.9 Å². The Morgan fingerprint density at radius 1 is 1.53 bits per heavy atom. The second-order valence-electron chi connectivity index (χ2n) is 3.21. The third kappa shape index (κ3) is 3.47. The van der Waals surface area contributed by atoms with Crippen LogP contribution >= 0.6 is 27.7 Å². The SMILES string of the molecule is CCNC(CSC)c1cccc(Br)c1F. The summed E-state index contributed by atoms with van der Waals surface area (Å²) >= 11 is 4.92. The third-order valence-corrected chi connectivity index (χ3v) is 3.42. The number of nitrogens with one attached hydrogen (secondary N) is 1. The Balaban J connectivity index is 2.94. The summed E-state index contributed by atoms with van der Waals surface area (Å²) in [6.07, 6.45) is 2.03. The molecule has 0 aliphatic carbocycles. The zero-order chi connectivity index (χ0) is 11.3. The Bertz CT molecular complexity index is 313. The lowest BCUT2D eigenvalue weighted by atomic mass is 10.1. The van der Waals surface area contributed by atoms with E-state index in [1.165, 1.54) is 0 Å². The fourth-order valence-electron chi connectivity index (χ4n) is 1.46. The Morgan fingerprint density at radius 2 is 2.27 bits per heavy atom. The lowest BCUT2D eigenvalue weighted by Gasteiger charge is -2.18. The van der Waals surface area contributed by atoms with Crippen molar-refractivity contribution >= 4 is 27.7 Å². The highest BCUT2D eigenvalue weighted by molar-refractivity contribution is 9.10. The highest BCUT2D eigenvalue weighted by atomic mass is 79.9. The molecule has 4 heteroatoms. The molecule has 0 aliphatic heterocycles. The topological polar surface area (TPSA) is 12.0 Å². The summed E-state index contributed by atoms with van der Waals surface area (Å²) < 4.78 is 14.3. The number of benzene rings is 1. The van der Waals surface area contributed by atoms with Crippen LogP contribution < -0.4 is 5.32 Å². The van der Waals surface area contributed by atoms with E-state index in [9.17, 15) is 4.39 Å². The molecule has 15 heavy (non-hydrogen) atoms. The number of rotatable bonds is 5. The van der Waals surface area contributed by atoms with Crippen LogP contribution in [0.3, 0.4) is 0 Å². The van der Waals surface area contributed by atoms with Crippen LogP contribution in [0.1, 0.15) is 18.5 Å². The van der Waals surface area contributed by atoms with Gasteiger partial charge in [-0.15, -0.1) is 0 Å². The van der Waals surface area contributed by atoms with Crippen molar-refractivity contribution in [2.75, 3.05) is 18.6 Å². The number of halogens is 2. The minimum atomic E-state index is -0.155. The van der Waals surface area contributed by atoms with Gasteiger partial charge in [-0.05, 0) is 34.8 Å². The van der Waals surface area contributed by atoms with E-state index in [1.54, 1.807) is 17.8 Å². The molecule has 1 rings (SSSR count). The van der Waals surface area contributed by atoms with Crippen molar-refractivity contribution in [1.29, 1.82) is 0 Å². The molecule has 0 saturated heterocycles. The Kier molecular flexibility index (Phi) is 5.64. The molecule has 0 aromatic heterocycles. The fraction of sp³-hybridized carbons (Fsp3) is 0.455. The molecule has 0 amide bonds. The van der Waals surface area contributed by atoms with Crippen molar-refractivity contribution in [3.8, 4) is 0 Å². The van der Waals surface area contributed by atoms with Crippen LogP contribution in [0, 0.1) is 5.82 Å². The number of thioether (sulfide) groups is 1. The van der Waals surface area contributed by atoms with E-state index in [0.29, 0.717) is 4.47 Å². The smallest absolute Gasteiger partial charge is 0.142 e. The van der Waals surface area contributed by atoms with Crippen molar-refractivity contribution in [3.05, 3.63) is 34.1 Å². The van der Waals surface area contributed by atoms with Crippen LogP contribution in [-0.4, -0.2) is 18.6 Å². The molecule has 1 aromatic rings. The minimum absolute atomic E-state index is 0.0856. The first-order valence-electron chi connectivity index (χ1n) is 4.87. The van der Waals surface area contributed by atoms with Gasteiger partial charge >= 0.3 is 0 Å². The van der Waals surface area contributed by atoms with E-state index < -0.39 is 0 Å². The molecule has 1 aromatic carbocycles. The van der Waals surface area contributed by atoms with Gasteiger partial charge in [-0.3, -0.25) is 0 Å². The molecule has 0 spiro atoms. The van der Waals surface area contributed by atoms with E-state index in [1.807, 2.05) is 25.3 Å². The highest BCUT2D eigenvalue weighted by Gasteiger charge is 2.15. The normalized spacial score (nSPS) is 12.8. The van der Waals surface area contributed by atoms with Gasteiger partial charge in [0.25, 0.3) is 0 Å². The van der Waals surface area contributed by atoms with E-state index in [2.05, 4.69) is 21.2 Å². The first kappa shape index (κ1) is 13.0. The molecule has 0 bridgehead atoms. The van der Waals surface area contributed by atoms with Crippen molar-refractivity contribution in [2.45, 2.75) is 13.0 Å². The second-order valence-corrected chi connectivity index (χ2v) is 4.97. The quantitative estimate of drug-likeness (QED) is 0.890. The van der Waals surface area contributed by atoms with Crippen molar-refractivity contribution < 1.29 is 4.39 Å². The molecule has 0 fully saturated rings. The first-order valence-corrected chi connectivity index (χ1v) is 7.05. The zero-order valence-corrected chi connectivity index (χ0v) is 11.3. The van der Waals surface area contributed by atoms with Crippen LogP contribution in [0.2, 0.25) is 0 Å². The summed E-state index contributed by atoms with van der Waals surface area (Å²) in [5.41, 5.74) is 0.737.